The summed E-state index contributed by atoms with van der Waals surface area (Å²) in [6, 6.07) is 9.13. The highest BCUT2D eigenvalue weighted by molar-refractivity contribution is 5.39. The maximum atomic E-state index is 5.78. The zero-order valence-electron chi connectivity index (χ0n) is 15.6. The van der Waals surface area contributed by atoms with Crippen LogP contribution in [0.1, 0.15) is 45.1 Å². The van der Waals surface area contributed by atoms with Crippen LogP contribution in [0.5, 0.6) is 0 Å². The minimum absolute atomic E-state index is 0.738. The van der Waals surface area contributed by atoms with Crippen LogP contribution in [0.3, 0.4) is 0 Å². The molecule has 0 aromatic heterocycles. The summed E-state index contributed by atoms with van der Waals surface area (Å²) in [4.78, 5) is 5.32. The lowest BCUT2D eigenvalue weighted by molar-refractivity contribution is 0.0678. The van der Waals surface area contributed by atoms with E-state index in [0.717, 1.165) is 30.0 Å². The first-order valence-corrected chi connectivity index (χ1v) is 9.96. The third kappa shape index (κ3) is 4.52. The van der Waals surface area contributed by atoms with E-state index in [4.69, 9.17) is 5.73 Å². The summed E-state index contributed by atoms with van der Waals surface area (Å²) < 4.78 is 0. The molecule has 0 aliphatic carbocycles. The molecular weight excluding hydrogens is 294 g/mol. The second kappa shape index (κ2) is 8.35. The first-order chi connectivity index (χ1) is 11.7. The van der Waals surface area contributed by atoms with Crippen molar-refractivity contribution in [2.75, 3.05) is 38.5 Å². The third-order valence-corrected chi connectivity index (χ3v) is 6.47. The first-order valence-electron chi connectivity index (χ1n) is 9.96. The van der Waals surface area contributed by atoms with Crippen molar-refractivity contribution in [1.82, 2.24) is 9.80 Å². The molecule has 3 heteroatoms. The largest absolute Gasteiger partial charge is 0.399 e. The van der Waals surface area contributed by atoms with Crippen LogP contribution in [0, 0.1) is 11.8 Å². The molecule has 0 saturated carbocycles. The van der Waals surface area contributed by atoms with Crippen molar-refractivity contribution in [3.05, 3.63) is 29.8 Å². The predicted octanol–water partition coefficient (Wildman–Crippen LogP) is 3.64. The van der Waals surface area contributed by atoms with Crippen LogP contribution in [0.25, 0.3) is 0 Å². The summed E-state index contributed by atoms with van der Waals surface area (Å²) in [5.41, 5.74) is 8.05. The maximum absolute atomic E-state index is 5.78. The van der Waals surface area contributed by atoms with E-state index in [1.807, 2.05) is 12.1 Å². The summed E-state index contributed by atoms with van der Waals surface area (Å²) in [7, 11) is 0. The molecule has 2 N–H and O–H groups in total. The zero-order chi connectivity index (χ0) is 16.9. The Hall–Kier alpha value is -1.06. The highest BCUT2D eigenvalue weighted by atomic mass is 15.2. The Bertz CT molecular complexity index is 490. The van der Waals surface area contributed by atoms with Crippen molar-refractivity contribution in [2.45, 2.75) is 52.0 Å². The van der Waals surface area contributed by atoms with Crippen LogP contribution >= 0.6 is 0 Å². The van der Waals surface area contributed by atoms with Gasteiger partial charge in [0.1, 0.15) is 0 Å². The number of nitrogen functional groups attached to an aromatic ring is 1. The van der Waals surface area contributed by atoms with Crippen LogP contribution in [0.15, 0.2) is 24.3 Å². The van der Waals surface area contributed by atoms with Gasteiger partial charge in [0, 0.05) is 18.3 Å². The van der Waals surface area contributed by atoms with Gasteiger partial charge >= 0.3 is 0 Å². The molecule has 1 aromatic rings. The average Bonchev–Trinajstić information content (AvgIpc) is 2.62. The molecule has 0 radical (unpaired) electrons. The van der Waals surface area contributed by atoms with Gasteiger partial charge in [-0.05, 0) is 94.7 Å². The minimum Gasteiger partial charge on any atom is -0.399 e. The lowest BCUT2D eigenvalue weighted by atomic mass is 9.77. The number of likely N-dealkylation sites (tertiary alicyclic amines) is 2. The fraction of sp³-hybridized carbons (Fsp3) is 0.714. The molecule has 2 atom stereocenters. The number of hydrogen-bond acceptors (Lipinski definition) is 3. The molecule has 2 aliphatic heterocycles. The van der Waals surface area contributed by atoms with Gasteiger partial charge < -0.3 is 15.5 Å². The highest BCUT2D eigenvalue weighted by Gasteiger charge is 2.32. The Morgan fingerprint density at radius 1 is 1.00 bits per heavy atom. The molecule has 2 fully saturated rings. The van der Waals surface area contributed by atoms with Crippen LogP contribution in [-0.4, -0.2) is 48.6 Å². The van der Waals surface area contributed by atoms with Crippen LogP contribution in [0.2, 0.25) is 0 Å². The Kier molecular flexibility index (Phi) is 6.18. The second-order valence-corrected chi connectivity index (χ2v) is 7.93. The second-order valence-electron chi connectivity index (χ2n) is 7.93. The SMILES string of the molecule is CCN1CCC(C2CCN(CCc3ccc(N)cc3)C(C)C2)CC1. The number of nitrogens with two attached hydrogens (primary N) is 1. The van der Waals surface area contributed by atoms with Gasteiger partial charge in [-0.25, -0.2) is 0 Å². The smallest absolute Gasteiger partial charge is 0.0314 e. The van der Waals surface area contributed by atoms with Crippen molar-refractivity contribution in [3.63, 3.8) is 0 Å². The van der Waals surface area contributed by atoms with E-state index in [-0.39, 0.29) is 0 Å². The van der Waals surface area contributed by atoms with Gasteiger partial charge in [-0.1, -0.05) is 19.1 Å². The maximum Gasteiger partial charge on any atom is 0.0314 e. The van der Waals surface area contributed by atoms with E-state index in [1.165, 1.54) is 64.0 Å². The predicted molar refractivity (Wildman–Crippen MR) is 103 cm³/mol. The Morgan fingerprint density at radius 2 is 1.67 bits per heavy atom. The molecule has 2 heterocycles. The fourth-order valence-corrected chi connectivity index (χ4v) is 4.72. The van der Waals surface area contributed by atoms with Crippen molar-refractivity contribution in [2.24, 2.45) is 11.8 Å². The number of nitrogens with zero attached hydrogens (tertiary/aromatic N) is 2. The molecule has 2 unspecified atom stereocenters. The number of benzene rings is 1. The van der Waals surface area contributed by atoms with Gasteiger partial charge in [-0.15, -0.1) is 0 Å². The molecule has 3 nitrogen and oxygen atoms in total. The lowest BCUT2D eigenvalue weighted by Crippen LogP contribution is -2.45. The standard InChI is InChI=1S/C21H35N3/c1-3-23-12-9-19(10-13-23)20-11-15-24(17(2)16-20)14-8-18-4-6-21(22)7-5-18/h4-7,17,19-20H,3,8-16,22H2,1-2H3. The van der Waals surface area contributed by atoms with E-state index in [1.54, 1.807) is 0 Å². The molecule has 0 spiro atoms. The van der Waals surface area contributed by atoms with Gasteiger partial charge in [0.2, 0.25) is 0 Å². The first kappa shape index (κ1) is 17.8. The minimum atomic E-state index is 0.738. The fourth-order valence-electron chi connectivity index (χ4n) is 4.72. The van der Waals surface area contributed by atoms with Gasteiger partial charge in [0.05, 0.1) is 0 Å². The molecule has 2 saturated heterocycles. The zero-order valence-corrected chi connectivity index (χ0v) is 15.6. The molecule has 0 bridgehead atoms. The van der Waals surface area contributed by atoms with Crippen molar-refractivity contribution in [1.29, 1.82) is 0 Å². The molecule has 134 valence electrons. The molecule has 1 aromatic carbocycles. The molecule has 3 rings (SSSR count). The van der Waals surface area contributed by atoms with Crippen LogP contribution < -0.4 is 5.73 Å². The van der Waals surface area contributed by atoms with E-state index in [0.29, 0.717) is 0 Å². The van der Waals surface area contributed by atoms with E-state index in [2.05, 4.69) is 35.8 Å². The summed E-state index contributed by atoms with van der Waals surface area (Å²) in [5.74, 6) is 1.95. The Balaban J connectivity index is 1.44. The van der Waals surface area contributed by atoms with E-state index in [9.17, 15) is 0 Å². The van der Waals surface area contributed by atoms with Gasteiger partial charge in [-0.3, -0.25) is 0 Å². The van der Waals surface area contributed by atoms with Crippen molar-refractivity contribution >= 4 is 5.69 Å². The average molecular weight is 330 g/mol. The van der Waals surface area contributed by atoms with Gasteiger partial charge in [0.25, 0.3) is 0 Å². The summed E-state index contributed by atoms with van der Waals surface area (Å²) in [6.07, 6.45) is 6.80. The van der Waals surface area contributed by atoms with Gasteiger partial charge in [0.15, 0.2) is 0 Å². The van der Waals surface area contributed by atoms with Crippen molar-refractivity contribution in [3.8, 4) is 0 Å². The Morgan fingerprint density at radius 3 is 2.29 bits per heavy atom. The molecule has 2 aliphatic rings. The topological polar surface area (TPSA) is 32.5 Å². The van der Waals surface area contributed by atoms with Crippen LogP contribution in [0.4, 0.5) is 5.69 Å². The summed E-state index contributed by atoms with van der Waals surface area (Å²) >= 11 is 0. The van der Waals surface area contributed by atoms with Crippen LogP contribution in [-0.2, 0) is 6.42 Å². The quantitative estimate of drug-likeness (QED) is 0.837. The number of rotatable bonds is 5. The third-order valence-electron chi connectivity index (χ3n) is 6.47. The monoisotopic (exact) mass is 329 g/mol. The summed E-state index contributed by atoms with van der Waals surface area (Å²) in [6.45, 7) is 11.1. The van der Waals surface area contributed by atoms with E-state index < -0.39 is 0 Å². The number of piperidine rings is 2. The Labute approximate surface area is 148 Å². The number of hydrogen-bond donors (Lipinski definition) is 1. The number of anilines is 1. The summed E-state index contributed by atoms with van der Waals surface area (Å²) in [5, 5.41) is 0. The normalized spacial score (nSPS) is 27.4. The lowest BCUT2D eigenvalue weighted by Gasteiger charge is -2.43. The molecule has 0 amide bonds. The highest BCUT2D eigenvalue weighted by Crippen LogP contribution is 2.34. The molecule has 24 heavy (non-hydrogen) atoms. The van der Waals surface area contributed by atoms with Crippen molar-refractivity contribution < 1.29 is 0 Å². The van der Waals surface area contributed by atoms with Gasteiger partial charge in [-0.2, -0.15) is 0 Å². The van der Waals surface area contributed by atoms with E-state index >= 15 is 0 Å². The molecular formula is C21H35N3.